The molecule has 1 fully saturated rings. The van der Waals surface area contributed by atoms with Crippen molar-refractivity contribution in [1.82, 2.24) is 9.29 Å². The summed E-state index contributed by atoms with van der Waals surface area (Å²) in [6.07, 6.45) is 2.09. The lowest BCUT2D eigenvalue weighted by atomic mass is 10.1. The van der Waals surface area contributed by atoms with Crippen molar-refractivity contribution in [2.45, 2.75) is 6.42 Å². The highest BCUT2D eigenvalue weighted by molar-refractivity contribution is 7.89. The van der Waals surface area contributed by atoms with Crippen molar-refractivity contribution in [3.8, 4) is 6.07 Å². The summed E-state index contributed by atoms with van der Waals surface area (Å²) in [5, 5.41) is 9.22. The van der Waals surface area contributed by atoms with Crippen molar-refractivity contribution in [3.05, 3.63) is 59.9 Å². The molecule has 3 rings (SSSR count). The van der Waals surface area contributed by atoms with E-state index in [0.29, 0.717) is 38.2 Å². The standard InChI is InChI=1S/C18H20N4O2S/c19-15-16-5-1-2-7-18(16)21-10-12-22(13-11-21)25(23,24)14-8-17-6-3-4-9-20-17/h1-7,9H,8,10-14H2. The molecule has 0 bridgehead atoms. The summed E-state index contributed by atoms with van der Waals surface area (Å²) >= 11 is 0. The molecular weight excluding hydrogens is 336 g/mol. The van der Waals surface area contributed by atoms with Crippen LogP contribution in [0, 0.1) is 11.3 Å². The molecule has 0 amide bonds. The summed E-state index contributed by atoms with van der Waals surface area (Å²) in [7, 11) is -3.30. The fraction of sp³-hybridized carbons (Fsp3) is 0.333. The number of anilines is 1. The molecule has 0 spiro atoms. The fourth-order valence-electron chi connectivity index (χ4n) is 2.96. The van der Waals surface area contributed by atoms with Crippen LogP contribution in [0.5, 0.6) is 0 Å². The summed E-state index contributed by atoms with van der Waals surface area (Å²) in [5.41, 5.74) is 2.28. The number of aryl methyl sites for hydroxylation is 1. The largest absolute Gasteiger partial charge is 0.368 e. The Kier molecular flexibility index (Phi) is 5.31. The van der Waals surface area contributed by atoms with Gasteiger partial charge in [-0.3, -0.25) is 4.98 Å². The number of nitrogens with zero attached hydrogens (tertiary/aromatic N) is 4. The molecule has 2 aromatic rings. The molecule has 0 saturated carbocycles. The van der Waals surface area contributed by atoms with E-state index in [-0.39, 0.29) is 5.75 Å². The summed E-state index contributed by atoms with van der Waals surface area (Å²) in [5.74, 6) is 0.0682. The Balaban J connectivity index is 1.60. The first-order valence-corrected chi connectivity index (χ1v) is 9.83. The van der Waals surface area contributed by atoms with Crippen molar-refractivity contribution >= 4 is 15.7 Å². The molecule has 0 atom stereocenters. The van der Waals surface area contributed by atoms with Gasteiger partial charge in [0, 0.05) is 44.5 Å². The zero-order valence-corrected chi connectivity index (χ0v) is 14.7. The third-order valence-electron chi connectivity index (χ3n) is 4.34. The highest BCUT2D eigenvalue weighted by atomic mass is 32.2. The minimum atomic E-state index is -3.30. The summed E-state index contributed by atoms with van der Waals surface area (Å²) < 4.78 is 26.6. The van der Waals surface area contributed by atoms with Crippen molar-refractivity contribution in [2.75, 3.05) is 36.8 Å². The van der Waals surface area contributed by atoms with Crippen LogP contribution in [-0.2, 0) is 16.4 Å². The topological polar surface area (TPSA) is 77.3 Å². The maximum Gasteiger partial charge on any atom is 0.214 e. The molecule has 6 nitrogen and oxygen atoms in total. The quantitative estimate of drug-likeness (QED) is 0.814. The smallest absolute Gasteiger partial charge is 0.214 e. The monoisotopic (exact) mass is 356 g/mol. The van der Waals surface area contributed by atoms with Gasteiger partial charge in [0.2, 0.25) is 10.0 Å². The molecule has 0 N–H and O–H groups in total. The van der Waals surface area contributed by atoms with Crippen molar-refractivity contribution in [1.29, 1.82) is 5.26 Å². The molecule has 0 radical (unpaired) electrons. The summed E-state index contributed by atoms with van der Waals surface area (Å²) in [6.45, 7) is 2.04. The number of rotatable bonds is 5. The second-order valence-corrected chi connectivity index (χ2v) is 7.99. The third kappa shape index (κ3) is 4.16. The molecule has 1 aliphatic rings. The number of sulfonamides is 1. The van der Waals surface area contributed by atoms with E-state index in [1.807, 2.05) is 36.4 Å². The normalized spacial score (nSPS) is 15.7. The highest BCUT2D eigenvalue weighted by Crippen LogP contribution is 2.22. The Morgan fingerprint density at radius 2 is 1.76 bits per heavy atom. The van der Waals surface area contributed by atoms with E-state index < -0.39 is 10.0 Å². The van der Waals surface area contributed by atoms with Crippen LogP contribution in [0.1, 0.15) is 11.3 Å². The number of para-hydroxylation sites is 1. The lowest BCUT2D eigenvalue weighted by Gasteiger charge is -2.35. The van der Waals surface area contributed by atoms with Gasteiger partial charge in [-0.15, -0.1) is 0 Å². The molecule has 1 aliphatic heterocycles. The zero-order chi connectivity index (χ0) is 17.7. The van der Waals surface area contributed by atoms with Crippen LogP contribution >= 0.6 is 0 Å². The fourth-order valence-corrected chi connectivity index (χ4v) is 4.40. The lowest BCUT2D eigenvalue weighted by Crippen LogP contribution is -2.49. The summed E-state index contributed by atoms with van der Waals surface area (Å²) in [4.78, 5) is 6.25. The highest BCUT2D eigenvalue weighted by Gasteiger charge is 2.27. The van der Waals surface area contributed by atoms with E-state index in [2.05, 4.69) is 16.0 Å². The second-order valence-electron chi connectivity index (χ2n) is 5.90. The SMILES string of the molecule is N#Cc1ccccc1N1CCN(S(=O)(=O)CCc2ccccn2)CC1. The Morgan fingerprint density at radius 1 is 1.04 bits per heavy atom. The number of aromatic nitrogens is 1. The molecule has 130 valence electrons. The maximum atomic E-state index is 12.6. The molecular formula is C18H20N4O2S. The van der Waals surface area contributed by atoms with Crippen molar-refractivity contribution in [3.63, 3.8) is 0 Å². The van der Waals surface area contributed by atoms with Gasteiger partial charge < -0.3 is 4.90 Å². The van der Waals surface area contributed by atoms with Gasteiger partial charge in [0.15, 0.2) is 0 Å². The molecule has 7 heteroatoms. The first-order valence-electron chi connectivity index (χ1n) is 8.22. The van der Waals surface area contributed by atoms with E-state index in [1.165, 1.54) is 0 Å². The molecule has 25 heavy (non-hydrogen) atoms. The maximum absolute atomic E-state index is 12.6. The van der Waals surface area contributed by atoms with Gasteiger partial charge in [0.1, 0.15) is 6.07 Å². The van der Waals surface area contributed by atoms with Crippen LogP contribution in [-0.4, -0.2) is 49.6 Å². The van der Waals surface area contributed by atoms with Crippen LogP contribution in [0.2, 0.25) is 0 Å². The average Bonchev–Trinajstić information content (AvgIpc) is 2.67. The van der Waals surface area contributed by atoms with E-state index >= 15 is 0 Å². The number of hydrogen-bond acceptors (Lipinski definition) is 5. The van der Waals surface area contributed by atoms with Crippen LogP contribution in [0.3, 0.4) is 0 Å². The van der Waals surface area contributed by atoms with E-state index in [0.717, 1.165) is 11.4 Å². The predicted molar refractivity (Wildman–Crippen MR) is 96.7 cm³/mol. The number of pyridine rings is 1. The van der Waals surface area contributed by atoms with Gasteiger partial charge in [-0.25, -0.2) is 8.42 Å². The Morgan fingerprint density at radius 3 is 2.44 bits per heavy atom. The van der Waals surface area contributed by atoms with Gasteiger partial charge in [-0.05, 0) is 24.3 Å². The van der Waals surface area contributed by atoms with Gasteiger partial charge in [-0.2, -0.15) is 9.57 Å². The summed E-state index contributed by atoms with van der Waals surface area (Å²) in [6, 6.07) is 15.1. The number of benzene rings is 1. The number of nitriles is 1. The molecule has 0 unspecified atom stereocenters. The van der Waals surface area contributed by atoms with Crippen LogP contribution in [0.4, 0.5) is 5.69 Å². The molecule has 2 heterocycles. The zero-order valence-electron chi connectivity index (χ0n) is 13.9. The van der Waals surface area contributed by atoms with E-state index in [4.69, 9.17) is 0 Å². The molecule has 1 saturated heterocycles. The molecule has 0 aliphatic carbocycles. The molecule has 1 aromatic heterocycles. The van der Waals surface area contributed by atoms with Crippen LogP contribution in [0.25, 0.3) is 0 Å². The van der Waals surface area contributed by atoms with Crippen molar-refractivity contribution < 1.29 is 8.42 Å². The minimum absolute atomic E-state index is 0.0682. The number of hydrogen-bond donors (Lipinski definition) is 0. The Labute approximate surface area is 148 Å². The Hall–Kier alpha value is -2.43. The van der Waals surface area contributed by atoms with Crippen LogP contribution < -0.4 is 4.90 Å². The molecule has 1 aromatic carbocycles. The van der Waals surface area contributed by atoms with Gasteiger partial charge in [0.05, 0.1) is 17.0 Å². The first-order chi connectivity index (χ1) is 12.1. The third-order valence-corrected chi connectivity index (χ3v) is 6.21. The minimum Gasteiger partial charge on any atom is -0.368 e. The van der Waals surface area contributed by atoms with Gasteiger partial charge >= 0.3 is 0 Å². The average molecular weight is 356 g/mol. The first kappa shape index (κ1) is 17.4. The number of piperazine rings is 1. The van der Waals surface area contributed by atoms with E-state index in [1.54, 1.807) is 16.6 Å². The van der Waals surface area contributed by atoms with Gasteiger partial charge in [0.25, 0.3) is 0 Å². The second kappa shape index (κ2) is 7.64. The van der Waals surface area contributed by atoms with E-state index in [9.17, 15) is 13.7 Å². The Bertz CT molecular complexity index is 854. The van der Waals surface area contributed by atoms with Crippen LogP contribution in [0.15, 0.2) is 48.7 Å². The van der Waals surface area contributed by atoms with Gasteiger partial charge in [-0.1, -0.05) is 18.2 Å². The predicted octanol–water partition coefficient (Wildman–Crippen LogP) is 1.65. The van der Waals surface area contributed by atoms with Crippen molar-refractivity contribution in [2.24, 2.45) is 0 Å². The lowest BCUT2D eigenvalue weighted by molar-refractivity contribution is 0.384.